The molecule has 0 aliphatic carbocycles. The Morgan fingerprint density at radius 3 is 1.82 bits per heavy atom. The van der Waals surface area contributed by atoms with Gasteiger partial charge < -0.3 is 70.0 Å². The van der Waals surface area contributed by atoms with Crippen molar-refractivity contribution in [3.8, 4) is 28.7 Å². The second-order valence-corrected chi connectivity index (χ2v) is 22.2. The smallest absolute Gasteiger partial charge is 0.371 e. The highest BCUT2D eigenvalue weighted by molar-refractivity contribution is 7.92. The number of phenolic OH excluding ortho intramolecular Hbond substituents is 1. The molecular formula is C63H70Cl2N4O15S. The van der Waals surface area contributed by atoms with Crippen molar-refractivity contribution in [2.75, 3.05) is 64.6 Å². The summed E-state index contributed by atoms with van der Waals surface area (Å²) in [5, 5.41) is 70.3. The zero-order chi connectivity index (χ0) is 61.5. The molecule has 0 amide bonds. The molecule has 0 bridgehead atoms. The number of carbonyl (C=O) groups is 2. The number of benzene rings is 7. The molecule has 0 saturated carbocycles. The van der Waals surface area contributed by atoms with Crippen LogP contribution in [-0.4, -0.2) is 117 Å². The number of phenols is 1. The van der Waals surface area contributed by atoms with Crippen LogP contribution in [0.3, 0.4) is 0 Å². The van der Waals surface area contributed by atoms with Crippen LogP contribution in [0.15, 0.2) is 168 Å². The van der Waals surface area contributed by atoms with Crippen LogP contribution in [0.1, 0.15) is 75.2 Å². The van der Waals surface area contributed by atoms with E-state index in [4.69, 9.17) is 56.8 Å². The third-order valence-electron chi connectivity index (χ3n) is 12.9. The predicted molar refractivity (Wildman–Crippen MR) is 327 cm³/mol. The van der Waals surface area contributed by atoms with Gasteiger partial charge in [-0.15, -0.1) is 0 Å². The van der Waals surface area contributed by atoms with E-state index < -0.39 is 40.3 Å². The zero-order valence-corrected chi connectivity index (χ0v) is 49.5. The lowest BCUT2D eigenvalue weighted by Crippen LogP contribution is -2.32. The summed E-state index contributed by atoms with van der Waals surface area (Å²) >= 11 is 11.8. The zero-order valence-electron chi connectivity index (χ0n) is 47.2. The molecule has 7 aromatic carbocycles. The van der Waals surface area contributed by atoms with Crippen LogP contribution < -0.4 is 39.6 Å². The molecule has 452 valence electrons. The second-order valence-electron chi connectivity index (χ2n) is 19.6. The Bertz CT molecular complexity index is 3520. The number of fused-ring (bicyclic) bond motifs is 1. The first kappa shape index (κ1) is 66.3. The third kappa shape index (κ3) is 22.2. The van der Waals surface area contributed by atoms with Gasteiger partial charge in [0, 0.05) is 53.7 Å². The standard InChI is InChI=1S/C25H30N2O6S.C19H18ClNO5.C19H22ClNO4/c1-32-24-12-10-18(15-25(24)33-2)20(13-17-7-5-4-6-8-17)26-16-23(29)19-9-11-22(28)21(14-19)27-34(3,30)31;20-14-3-1-2-12(8-14)16(22)11-21-6-7-25-15-4-5-17-13(9-15)10-18(26-17)19(23)24;1-13(21-11-18(22)15-3-2-4-16(20)10-15)9-14-5-7-17(8-6-14)25-12-19(23)24/h4-12,14-15,20,23,26-29H,13,16H2,1-3H3;1-5,8-10,16,21-22H,6-7,11H2,(H,23,24);2-8,10,13,18,21-22H,9,11-12H2,1H3,(H,23,24). The minimum atomic E-state index is -3.58. The molecule has 5 unspecified atom stereocenters. The highest BCUT2D eigenvalue weighted by atomic mass is 35.5. The van der Waals surface area contributed by atoms with Crippen LogP contribution in [0.4, 0.5) is 5.69 Å². The number of aliphatic hydroxyl groups excluding tert-OH is 3. The van der Waals surface area contributed by atoms with E-state index in [9.17, 15) is 38.4 Å². The molecule has 1 heterocycles. The monoisotopic (exact) mass is 1220 g/mol. The normalized spacial score (nSPS) is 12.9. The number of aromatic carboxylic acids is 1. The Labute approximate surface area is 503 Å². The van der Waals surface area contributed by atoms with Crippen LogP contribution >= 0.6 is 23.2 Å². The van der Waals surface area contributed by atoms with Gasteiger partial charge in [-0.2, -0.15) is 0 Å². The molecule has 10 N–H and O–H groups in total. The molecule has 0 radical (unpaired) electrons. The number of nitrogens with one attached hydrogen (secondary N) is 4. The molecule has 0 fully saturated rings. The van der Waals surface area contributed by atoms with Crippen LogP contribution in [0.25, 0.3) is 11.0 Å². The maximum Gasteiger partial charge on any atom is 0.371 e. The lowest BCUT2D eigenvalue weighted by molar-refractivity contribution is -0.139. The first-order valence-corrected chi connectivity index (χ1v) is 29.4. The number of sulfonamides is 1. The Kier molecular flexibility index (Phi) is 25.7. The van der Waals surface area contributed by atoms with Gasteiger partial charge in [-0.1, -0.05) is 102 Å². The highest BCUT2D eigenvalue weighted by Gasteiger charge is 2.20. The molecule has 8 aromatic rings. The van der Waals surface area contributed by atoms with Crippen molar-refractivity contribution in [1.29, 1.82) is 0 Å². The number of methoxy groups -OCH3 is 2. The Balaban J connectivity index is 0.000000207. The van der Waals surface area contributed by atoms with Gasteiger partial charge in [0.1, 0.15) is 29.4 Å². The molecule has 19 nitrogen and oxygen atoms in total. The minimum absolute atomic E-state index is 0.0137. The second kappa shape index (κ2) is 33.0. The number of aliphatic hydroxyl groups is 3. The van der Waals surface area contributed by atoms with E-state index in [1.54, 1.807) is 80.9 Å². The summed E-state index contributed by atoms with van der Waals surface area (Å²) in [6.07, 6.45) is 0.229. The van der Waals surface area contributed by atoms with Crippen molar-refractivity contribution in [2.24, 2.45) is 0 Å². The van der Waals surface area contributed by atoms with Gasteiger partial charge in [0.25, 0.3) is 0 Å². The number of carboxylic acid groups (broad SMARTS) is 2. The minimum Gasteiger partial charge on any atom is -0.506 e. The molecule has 0 saturated heterocycles. The van der Waals surface area contributed by atoms with Crippen molar-refractivity contribution >= 4 is 61.8 Å². The molecule has 0 aliphatic heterocycles. The number of aromatic hydroxyl groups is 1. The average Bonchev–Trinajstić information content (AvgIpc) is 4.04. The Morgan fingerprint density at radius 2 is 1.21 bits per heavy atom. The van der Waals surface area contributed by atoms with Crippen molar-refractivity contribution in [3.05, 3.63) is 213 Å². The maximum atomic E-state index is 11.6. The first-order valence-electron chi connectivity index (χ1n) is 26.8. The molecule has 1 aromatic heterocycles. The SMILES string of the molecule is CC(Cc1ccc(OCC(=O)O)cc1)NCC(O)c1cccc(Cl)c1.COc1ccc(C(Cc2ccccc2)NCC(O)c2ccc(O)c(NS(C)(=O)=O)c2)cc1OC.O=C(O)c1cc2cc(OCCNCC(O)c3cccc(Cl)c3)ccc2o1. The van der Waals surface area contributed by atoms with Crippen molar-refractivity contribution in [3.63, 3.8) is 0 Å². The van der Waals surface area contributed by atoms with E-state index >= 15 is 0 Å². The largest absolute Gasteiger partial charge is 0.506 e. The van der Waals surface area contributed by atoms with Gasteiger partial charge >= 0.3 is 11.9 Å². The summed E-state index contributed by atoms with van der Waals surface area (Å²) in [4.78, 5) is 21.4. The average molecular weight is 1230 g/mol. The maximum absolute atomic E-state index is 11.6. The van der Waals surface area contributed by atoms with Crippen LogP contribution in [-0.2, 0) is 27.7 Å². The molecule has 22 heteroatoms. The topological polar surface area (TPSA) is 288 Å². The van der Waals surface area contributed by atoms with E-state index in [0.717, 1.165) is 40.5 Å². The molecular weight excluding hydrogens is 1160 g/mol. The summed E-state index contributed by atoms with van der Waals surface area (Å²) < 4.78 is 52.1. The first-order chi connectivity index (χ1) is 40.7. The number of ether oxygens (including phenoxy) is 4. The number of furan rings is 1. The van der Waals surface area contributed by atoms with Crippen molar-refractivity contribution in [2.45, 2.75) is 50.2 Å². The molecule has 0 spiro atoms. The van der Waals surface area contributed by atoms with Gasteiger partial charge in [0.15, 0.2) is 18.1 Å². The van der Waals surface area contributed by atoms with E-state index in [-0.39, 0.29) is 42.4 Å². The van der Waals surface area contributed by atoms with Crippen molar-refractivity contribution < 1.29 is 72.0 Å². The fraction of sp³-hybridized carbons (Fsp3) is 0.270. The van der Waals surface area contributed by atoms with E-state index in [2.05, 4.69) is 20.7 Å². The Morgan fingerprint density at radius 1 is 0.612 bits per heavy atom. The van der Waals surface area contributed by atoms with E-state index in [1.165, 1.54) is 18.2 Å². The Hall–Kier alpha value is -7.89. The third-order valence-corrected chi connectivity index (χ3v) is 13.9. The number of hydrogen-bond donors (Lipinski definition) is 10. The number of carboxylic acids is 2. The van der Waals surface area contributed by atoms with Crippen molar-refractivity contribution in [1.82, 2.24) is 16.0 Å². The molecule has 5 atom stereocenters. The number of anilines is 1. The summed E-state index contributed by atoms with van der Waals surface area (Å²) in [7, 11) is -0.417. The van der Waals surface area contributed by atoms with Crippen LogP contribution in [0.2, 0.25) is 10.0 Å². The summed E-state index contributed by atoms with van der Waals surface area (Å²) in [6.45, 7) is 3.64. The number of aliphatic carboxylic acids is 1. The summed E-state index contributed by atoms with van der Waals surface area (Å²) in [5.74, 6) is -0.0486. The van der Waals surface area contributed by atoms with Crippen LogP contribution in [0.5, 0.6) is 28.7 Å². The fourth-order valence-electron chi connectivity index (χ4n) is 8.61. The van der Waals surface area contributed by atoms with E-state index in [0.29, 0.717) is 82.2 Å². The molecule has 8 rings (SSSR count). The molecule has 85 heavy (non-hydrogen) atoms. The highest BCUT2D eigenvalue weighted by Crippen LogP contribution is 2.33. The number of hydrogen-bond acceptors (Lipinski definition) is 16. The van der Waals surface area contributed by atoms with Gasteiger partial charge in [-0.05, 0) is 138 Å². The van der Waals surface area contributed by atoms with Gasteiger partial charge in [-0.25, -0.2) is 18.0 Å². The van der Waals surface area contributed by atoms with E-state index in [1.807, 2.05) is 85.8 Å². The summed E-state index contributed by atoms with van der Waals surface area (Å²) in [5.41, 5.74) is 5.68. The number of halogens is 2. The van der Waals surface area contributed by atoms with Gasteiger partial charge in [0.2, 0.25) is 15.8 Å². The summed E-state index contributed by atoms with van der Waals surface area (Å²) in [6, 6.07) is 48.2. The predicted octanol–water partition coefficient (Wildman–Crippen LogP) is 9.93. The van der Waals surface area contributed by atoms with Gasteiger partial charge in [0.05, 0.1) is 44.5 Å². The van der Waals surface area contributed by atoms with Crippen LogP contribution in [0, 0.1) is 0 Å². The molecule has 0 aliphatic rings. The fourth-order valence-corrected chi connectivity index (χ4v) is 9.57. The van der Waals surface area contributed by atoms with Gasteiger partial charge in [-0.3, -0.25) is 4.72 Å². The quantitative estimate of drug-likeness (QED) is 0.0161. The number of rotatable bonds is 28. The lowest BCUT2D eigenvalue weighted by Gasteiger charge is -2.23. The lowest BCUT2D eigenvalue weighted by atomic mass is 9.97.